The highest BCUT2D eigenvalue weighted by Crippen LogP contribution is 2.56. The predicted molar refractivity (Wildman–Crippen MR) is 141 cm³/mol. The lowest BCUT2D eigenvalue weighted by molar-refractivity contribution is -0.0461. The van der Waals surface area contributed by atoms with Gasteiger partial charge in [0, 0.05) is 11.0 Å². The summed E-state index contributed by atoms with van der Waals surface area (Å²) in [4.78, 5) is 13.0. The molecule has 2 aliphatic carbocycles. The van der Waals surface area contributed by atoms with Crippen molar-refractivity contribution in [2.75, 3.05) is 6.61 Å². The summed E-state index contributed by atoms with van der Waals surface area (Å²) in [6.45, 7) is 5.53. The standard InChI is InChI=1S/C30H34FN3O3/c1-28(2,19-35)33-27(36)25-7-5-4-6-20(25)12-14-30(37)15-13-22-16-26-21(17-29(22,30)3)18-32-34(26)24-10-8-23(31)9-11-24/h4-11,16,18,35,37H,12-15,17,19H2,1-3H3,(H,33,36)/t29-,30-/m0/s1. The molecule has 0 saturated heterocycles. The summed E-state index contributed by atoms with van der Waals surface area (Å²) in [6.07, 6.45) is 7.17. The molecule has 2 aromatic carbocycles. The minimum absolute atomic E-state index is 0.159. The molecule has 2 aliphatic rings. The van der Waals surface area contributed by atoms with Crippen LogP contribution in [0.4, 0.5) is 4.39 Å². The SMILES string of the molecule is CC(C)(CO)NC(=O)c1ccccc1CC[C@]1(O)CCC2=Cc3c(cnn3-c3ccc(F)cc3)C[C@@]21C. The van der Waals surface area contributed by atoms with Gasteiger partial charge in [-0.1, -0.05) is 30.7 Å². The number of fused-ring (bicyclic) bond motifs is 2. The fourth-order valence-corrected chi connectivity index (χ4v) is 5.83. The fraction of sp³-hybridized carbons (Fsp3) is 0.400. The zero-order valence-corrected chi connectivity index (χ0v) is 21.6. The Bertz CT molecular complexity index is 1360. The smallest absolute Gasteiger partial charge is 0.252 e. The number of aliphatic hydroxyl groups is 2. The lowest BCUT2D eigenvalue weighted by atomic mass is 9.65. The molecule has 1 amide bonds. The normalized spacial score (nSPS) is 22.8. The largest absolute Gasteiger partial charge is 0.394 e. The van der Waals surface area contributed by atoms with E-state index in [-0.39, 0.29) is 18.3 Å². The highest BCUT2D eigenvalue weighted by Gasteiger charge is 2.54. The second kappa shape index (κ2) is 9.23. The maximum absolute atomic E-state index is 13.4. The Labute approximate surface area is 216 Å². The van der Waals surface area contributed by atoms with E-state index in [1.165, 1.54) is 17.7 Å². The molecule has 0 aliphatic heterocycles. The van der Waals surface area contributed by atoms with Gasteiger partial charge in [0.05, 0.1) is 35.3 Å². The van der Waals surface area contributed by atoms with Gasteiger partial charge in [0.15, 0.2) is 0 Å². The number of carbonyl (C=O) groups excluding carboxylic acids is 1. The number of aryl methyl sites for hydroxylation is 1. The highest BCUT2D eigenvalue weighted by molar-refractivity contribution is 5.96. The van der Waals surface area contributed by atoms with E-state index in [1.807, 2.05) is 29.1 Å². The van der Waals surface area contributed by atoms with E-state index < -0.39 is 16.6 Å². The molecule has 1 aromatic heterocycles. The molecule has 1 fully saturated rings. The summed E-state index contributed by atoms with van der Waals surface area (Å²) in [7, 11) is 0. The molecule has 194 valence electrons. The first-order valence-electron chi connectivity index (χ1n) is 12.8. The van der Waals surface area contributed by atoms with Crippen molar-refractivity contribution < 1.29 is 19.4 Å². The number of amides is 1. The number of benzene rings is 2. The topological polar surface area (TPSA) is 87.4 Å². The van der Waals surface area contributed by atoms with E-state index in [4.69, 9.17) is 0 Å². The average molecular weight is 504 g/mol. The number of hydrogen-bond acceptors (Lipinski definition) is 4. The Kier molecular flexibility index (Phi) is 6.32. The third kappa shape index (κ3) is 4.51. The van der Waals surface area contributed by atoms with Crippen LogP contribution in [0.1, 0.15) is 67.2 Å². The second-order valence-electron chi connectivity index (χ2n) is 11.3. The van der Waals surface area contributed by atoms with Gasteiger partial charge in [-0.25, -0.2) is 9.07 Å². The molecule has 7 heteroatoms. The Morgan fingerprint density at radius 3 is 2.65 bits per heavy atom. The zero-order valence-electron chi connectivity index (χ0n) is 21.6. The van der Waals surface area contributed by atoms with Crippen LogP contribution in [0.15, 0.2) is 60.3 Å². The van der Waals surface area contributed by atoms with E-state index >= 15 is 0 Å². The van der Waals surface area contributed by atoms with E-state index in [9.17, 15) is 19.4 Å². The van der Waals surface area contributed by atoms with Crippen molar-refractivity contribution in [3.63, 3.8) is 0 Å². The molecular weight excluding hydrogens is 469 g/mol. The first-order valence-corrected chi connectivity index (χ1v) is 12.8. The number of aliphatic hydroxyl groups excluding tert-OH is 1. The third-order valence-electron chi connectivity index (χ3n) is 8.27. The molecule has 5 rings (SSSR count). The summed E-state index contributed by atoms with van der Waals surface area (Å²) < 4.78 is 15.3. The molecule has 1 saturated carbocycles. The number of hydrogen-bond donors (Lipinski definition) is 3. The molecule has 0 unspecified atom stereocenters. The maximum atomic E-state index is 13.4. The molecule has 0 bridgehead atoms. The third-order valence-corrected chi connectivity index (χ3v) is 8.27. The van der Waals surface area contributed by atoms with Crippen molar-refractivity contribution in [2.24, 2.45) is 5.41 Å². The number of carbonyl (C=O) groups is 1. The Morgan fingerprint density at radius 1 is 1.19 bits per heavy atom. The van der Waals surface area contributed by atoms with Crippen LogP contribution in [0.5, 0.6) is 0 Å². The molecule has 37 heavy (non-hydrogen) atoms. The minimum atomic E-state index is -0.928. The first-order chi connectivity index (χ1) is 17.6. The van der Waals surface area contributed by atoms with Crippen molar-refractivity contribution in [2.45, 2.75) is 64.0 Å². The van der Waals surface area contributed by atoms with Crippen LogP contribution in [0, 0.1) is 11.2 Å². The number of rotatable bonds is 7. The van der Waals surface area contributed by atoms with Gasteiger partial charge in [0.2, 0.25) is 0 Å². The van der Waals surface area contributed by atoms with E-state index in [0.29, 0.717) is 31.2 Å². The van der Waals surface area contributed by atoms with Gasteiger partial charge in [-0.3, -0.25) is 4.79 Å². The Hall–Kier alpha value is -3.29. The van der Waals surface area contributed by atoms with Gasteiger partial charge < -0.3 is 15.5 Å². The van der Waals surface area contributed by atoms with E-state index in [0.717, 1.165) is 28.9 Å². The van der Waals surface area contributed by atoms with Crippen LogP contribution >= 0.6 is 0 Å². The quantitative estimate of drug-likeness (QED) is 0.439. The van der Waals surface area contributed by atoms with E-state index in [2.05, 4.69) is 23.4 Å². The van der Waals surface area contributed by atoms with Crippen LogP contribution in [0.3, 0.4) is 0 Å². The Morgan fingerprint density at radius 2 is 1.92 bits per heavy atom. The summed E-state index contributed by atoms with van der Waals surface area (Å²) in [5.74, 6) is -0.511. The summed E-state index contributed by atoms with van der Waals surface area (Å²) in [5, 5.41) is 29.0. The number of halogens is 1. The van der Waals surface area contributed by atoms with Gasteiger partial charge in [0.25, 0.3) is 5.91 Å². The first kappa shape index (κ1) is 25.4. The van der Waals surface area contributed by atoms with Crippen LogP contribution < -0.4 is 5.32 Å². The molecule has 3 N–H and O–H groups in total. The lowest BCUT2D eigenvalue weighted by Gasteiger charge is -2.42. The highest BCUT2D eigenvalue weighted by atomic mass is 19.1. The molecule has 0 radical (unpaired) electrons. The van der Waals surface area contributed by atoms with Crippen LogP contribution in [0.2, 0.25) is 0 Å². The van der Waals surface area contributed by atoms with Gasteiger partial charge in [0.1, 0.15) is 5.82 Å². The Balaban J connectivity index is 1.38. The minimum Gasteiger partial charge on any atom is -0.394 e. The number of nitrogens with one attached hydrogen (secondary N) is 1. The summed E-state index contributed by atoms with van der Waals surface area (Å²) in [6, 6.07) is 13.8. The van der Waals surface area contributed by atoms with Crippen molar-refractivity contribution in [1.82, 2.24) is 15.1 Å². The van der Waals surface area contributed by atoms with Crippen molar-refractivity contribution in [1.29, 1.82) is 0 Å². The maximum Gasteiger partial charge on any atom is 0.252 e. The van der Waals surface area contributed by atoms with Crippen molar-refractivity contribution in [3.05, 3.63) is 88.5 Å². The second-order valence-corrected chi connectivity index (χ2v) is 11.3. The molecular formula is C30H34FN3O3. The molecule has 0 spiro atoms. The molecule has 6 nitrogen and oxygen atoms in total. The van der Waals surface area contributed by atoms with Crippen molar-refractivity contribution >= 4 is 12.0 Å². The summed E-state index contributed by atoms with van der Waals surface area (Å²) in [5.41, 5.74) is 3.40. The van der Waals surface area contributed by atoms with Crippen LogP contribution in [-0.4, -0.2) is 43.6 Å². The van der Waals surface area contributed by atoms with Crippen LogP contribution in [0.25, 0.3) is 11.8 Å². The van der Waals surface area contributed by atoms with Crippen molar-refractivity contribution in [3.8, 4) is 5.69 Å². The molecule has 3 aromatic rings. The predicted octanol–water partition coefficient (Wildman–Crippen LogP) is 4.62. The number of aromatic nitrogens is 2. The fourth-order valence-electron chi connectivity index (χ4n) is 5.83. The molecule has 1 heterocycles. The van der Waals surface area contributed by atoms with Crippen LogP contribution in [-0.2, 0) is 12.8 Å². The number of nitrogens with zero attached hydrogens (tertiary/aromatic N) is 2. The van der Waals surface area contributed by atoms with Gasteiger partial charge in [-0.05, 0) is 93.5 Å². The van der Waals surface area contributed by atoms with E-state index in [1.54, 1.807) is 32.0 Å². The monoisotopic (exact) mass is 503 g/mol. The zero-order chi connectivity index (χ0) is 26.4. The van der Waals surface area contributed by atoms with Gasteiger partial charge in [-0.2, -0.15) is 5.10 Å². The van der Waals surface area contributed by atoms with Gasteiger partial charge in [-0.15, -0.1) is 0 Å². The lowest BCUT2D eigenvalue weighted by Crippen LogP contribution is -2.47. The summed E-state index contributed by atoms with van der Waals surface area (Å²) >= 11 is 0. The van der Waals surface area contributed by atoms with Gasteiger partial charge >= 0.3 is 0 Å². The average Bonchev–Trinajstić information content (AvgIpc) is 3.39. The molecule has 2 atom stereocenters.